The first-order valence-corrected chi connectivity index (χ1v) is 14.5. The van der Waals surface area contributed by atoms with Crippen LogP contribution in [0, 0.1) is 25.6 Å². The van der Waals surface area contributed by atoms with E-state index in [0.717, 1.165) is 33.3 Å². The van der Waals surface area contributed by atoms with Crippen LogP contribution in [0.1, 0.15) is 60.7 Å². The zero-order valence-electron chi connectivity index (χ0n) is 25.1. The van der Waals surface area contributed by atoms with Crippen molar-refractivity contribution in [2.24, 2.45) is 5.92 Å². The summed E-state index contributed by atoms with van der Waals surface area (Å²) in [5.41, 5.74) is 5.20. The molecule has 1 N–H and O–H groups in total. The van der Waals surface area contributed by atoms with Crippen LogP contribution in [0.15, 0.2) is 77.9 Å². The van der Waals surface area contributed by atoms with Crippen molar-refractivity contribution >= 4 is 28.3 Å². The fourth-order valence-electron chi connectivity index (χ4n) is 5.32. The summed E-state index contributed by atoms with van der Waals surface area (Å²) in [6.45, 7) is 9.50. The molecule has 5 aromatic rings. The summed E-state index contributed by atoms with van der Waals surface area (Å²) in [5.74, 6) is -0.399. The molecule has 0 fully saturated rings. The number of carbonyl (C=O) groups excluding carboxylic acids is 2. The van der Waals surface area contributed by atoms with Gasteiger partial charge in [0, 0.05) is 40.7 Å². The highest BCUT2D eigenvalue weighted by Gasteiger charge is 2.20. The summed E-state index contributed by atoms with van der Waals surface area (Å²) < 4.78 is 17.5. The van der Waals surface area contributed by atoms with Crippen molar-refractivity contribution in [1.82, 2.24) is 14.1 Å². The van der Waals surface area contributed by atoms with Gasteiger partial charge in [0.25, 0.3) is 5.56 Å². The number of anilines is 1. The smallest absolute Gasteiger partial charge is 0.277 e. The van der Waals surface area contributed by atoms with E-state index in [1.54, 1.807) is 22.8 Å². The molecule has 0 saturated heterocycles. The summed E-state index contributed by atoms with van der Waals surface area (Å²) >= 11 is 0. The Morgan fingerprint density at radius 3 is 2.53 bits per heavy atom. The molecule has 0 saturated carbocycles. The van der Waals surface area contributed by atoms with Crippen LogP contribution in [0.3, 0.4) is 0 Å². The van der Waals surface area contributed by atoms with Gasteiger partial charge in [-0.1, -0.05) is 51.1 Å². The second kappa shape index (κ2) is 12.2. The quantitative estimate of drug-likeness (QED) is 0.187. The predicted octanol–water partition coefficient (Wildman–Crippen LogP) is 7.24. The van der Waals surface area contributed by atoms with Gasteiger partial charge < -0.3 is 9.88 Å². The van der Waals surface area contributed by atoms with Crippen LogP contribution < -0.4 is 10.9 Å². The number of aromatic nitrogens is 3. The van der Waals surface area contributed by atoms with E-state index in [1.165, 1.54) is 18.3 Å². The molecule has 0 radical (unpaired) electrons. The van der Waals surface area contributed by atoms with Crippen molar-refractivity contribution in [1.29, 1.82) is 0 Å². The number of benzene rings is 3. The van der Waals surface area contributed by atoms with Crippen LogP contribution in [0.5, 0.6) is 0 Å². The fraction of sp³-hybridized carbons (Fsp3) is 0.257. The molecule has 0 aliphatic carbocycles. The zero-order valence-corrected chi connectivity index (χ0v) is 25.1. The van der Waals surface area contributed by atoms with Gasteiger partial charge in [-0.15, -0.1) is 0 Å². The summed E-state index contributed by atoms with van der Waals surface area (Å²) in [7, 11) is 0. The summed E-state index contributed by atoms with van der Waals surface area (Å²) in [4.78, 5) is 44.0. The van der Waals surface area contributed by atoms with Crippen LogP contribution in [0.2, 0.25) is 0 Å². The summed E-state index contributed by atoms with van der Waals surface area (Å²) in [5, 5.41) is 3.59. The molecule has 3 aromatic carbocycles. The first-order chi connectivity index (χ1) is 20.6. The lowest BCUT2D eigenvalue weighted by molar-refractivity contribution is -0.119. The van der Waals surface area contributed by atoms with E-state index in [1.807, 2.05) is 75.7 Å². The predicted molar refractivity (Wildman–Crippen MR) is 168 cm³/mol. The van der Waals surface area contributed by atoms with E-state index >= 15 is 0 Å². The van der Waals surface area contributed by atoms with Crippen LogP contribution in [0.4, 0.5) is 10.1 Å². The SMILES string of the molecule is CCC(=O)c1cccc(-c2ncc(NC(=O)[C@H](C)CC)c(=O)n2Cc2cccc(-n3cc(C)c4cc(F)ccc43)c2)c1C. The molecular formula is C35H35FN4O3. The Morgan fingerprint density at radius 2 is 1.79 bits per heavy atom. The average Bonchev–Trinajstić information content (AvgIpc) is 3.34. The minimum atomic E-state index is -0.392. The Morgan fingerprint density at radius 1 is 1.02 bits per heavy atom. The lowest BCUT2D eigenvalue weighted by Gasteiger charge is -2.18. The highest BCUT2D eigenvalue weighted by atomic mass is 19.1. The van der Waals surface area contributed by atoms with E-state index in [9.17, 15) is 18.8 Å². The second-order valence-corrected chi connectivity index (χ2v) is 11.0. The molecule has 7 nitrogen and oxygen atoms in total. The van der Waals surface area contributed by atoms with Crippen molar-refractivity contribution in [2.45, 2.75) is 54.0 Å². The molecule has 0 unspecified atom stereocenters. The third-order valence-electron chi connectivity index (χ3n) is 8.06. The number of halogens is 1. The number of aryl methyl sites for hydroxylation is 1. The molecular weight excluding hydrogens is 543 g/mol. The van der Waals surface area contributed by atoms with Crippen LogP contribution >= 0.6 is 0 Å². The third kappa shape index (κ3) is 5.78. The number of carbonyl (C=O) groups is 2. The highest BCUT2D eigenvalue weighted by molar-refractivity contribution is 5.98. The van der Waals surface area contributed by atoms with Gasteiger partial charge >= 0.3 is 0 Å². The number of nitrogens with zero attached hydrogens (tertiary/aromatic N) is 3. The highest BCUT2D eigenvalue weighted by Crippen LogP contribution is 2.28. The standard InChI is InChI=1S/C35H35FN4O3/c1-6-21(3)34(42)38-30-18-37-33(28-13-9-12-27(23(28)5)32(41)7-2)40(35(30)43)20-24-10-8-11-26(16-24)39-19-22(4)29-17-25(36)14-15-31(29)39/h8-19,21H,6-7,20H2,1-5H3,(H,38,42)/t21-/m1/s1. The summed E-state index contributed by atoms with van der Waals surface area (Å²) in [6, 6.07) is 17.9. The number of amides is 1. The Labute approximate surface area is 250 Å². The van der Waals surface area contributed by atoms with Crippen molar-refractivity contribution in [3.8, 4) is 17.1 Å². The van der Waals surface area contributed by atoms with Crippen LogP contribution in [0.25, 0.3) is 28.0 Å². The Balaban J connectivity index is 1.63. The van der Waals surface area contributed by atoms with Gasteiger partial charge in [-0.05, 0) is 67.3 Å². The Hall–Kier alpha value is -4.85. The van der Waals surface area contributed by atoms with Crippen molar-refractivity contribution in [3.05, 3.63) is 111 Å². The van der Waals surface area contributed by atoms with Gasteiger partial charge in [-0.2, -0.15) is 0 Å². The first-order valence-electron chi connectivity index (χ1n) is 14.5. The number of Topliss-reactive ketones (excluding diaryl/α,β-unsaturated/α-hetero) is 1. The first kappa shape index (κ1) is 29.6. The number of hydrogen-bond acceptors (Lipinski definition) is 4. The van der Waals surface area contributed by atoms with E-state index < -0.39 is 5.56 Å². The molecule has 0 aliphatic heterocycles. The second-order valence-electron chi connectivity index (χ2n) is 11.0. The molecule has 0 bridgehead atoms. The van der Waals surface area contributed by atoms with E-state index in [2.05, 4.69) is 10.3 Å². The molecule has 1 amide bonds. The lowest BCUT2D eigenvalue weighted by Crippen LogP contribution is -2.30. The molecule has 1 atom stereocenters. The molecule has 43 heavy (non-hydrogen) atoms. The van der Waals surface area contributed by atoms with Crippen molar-refractivity contribution in [3.63, 3.8) is 0 Å². The maximum Gasteiger partial charge on any atom is 0.277 e. The van der Waals surface area contributed by atoms with Gasteiger partial charge in [0.15, 0.2) is 5.78 Å². The summed E-state index contributed by atoms with van der Waals surface area (Å²) in [6.07, 6.45) is 4.35. The normalized spacial score (nSPS) is 12.0. The number of hydrogen-bond donors (Lipinski definition) is 1. The molecule has 5 rings (SSSR count). The van der Waals surface area contributed by atoms with Gasteiger partial charge in [0.2, 0.25) is 5.91 Å². The van der Waals surface area contributed by atoms with Crippen molar-refractivity contribution in [2.75, 3.05) is 5.32 Å². The van der Waals surface area contributed by atoms with Gasteiger partial charge in [-0.25, -0.2) is 9.37 Å². The number of nitrogens with one attached hydrogen (secondary N) is 1. The number of rotatable bonds is 9. The van der Waals surface area contributed by atoms with Crippen LogP contribution in [-0.2, 0) is 11.3 Å². The molecule has 2 heterocycles. The minimum absolute atomic E-state index is 0.00695. The zero-order chi connectivity index (χ0) is 30.8. The molecule has 0 aliphatic rings. The van der Waals surface area contributed by atoms with Gasteiger partial charge in [-0.3, -0.25) is 19.0 Å². The van der Waals surface area contributed by atoms with E-state index in [0.29, 0.717) is 29.8 Å². The molecule has 0 spiro atoms. The lowest BCUT2D eigenvalue weighted by atomic mass is 9.97. The molecule has 8 heteroatoms. The number of ketones is 1. The Bertz CT molecular complexity index is 1920. The topological polar surface area (TPSA) is 86.0 Å². The largest absolute Gasteiger partial charge is 0.320 e. The molecule has 2 aromatic heterocycles. The van der Waals surface area contributed by atoms with E-state index in [4.69, 9.17) is 0 Å². The fourth-order valence-corrected chi connectivity index (χ4v) is 5.32. The monoisotopic (exact) mass is 578 g/mol. The maximum atomic E-state index is 14.0. The van der Waals surface area contributed by atoms with E-state index in [-0.39, 0.29) is 35.7 Å². The third-order valence-corrected chi connectivity index (χ3v) is 8.06. The minimum Gasteiger partial charge on any atom is -0.320 e. The number of fused-ring (bicyclic) bond motifs is 1. The van der Waals surface area contributed by atoms with Gasteiger partial charge in [0.1, 0.15) is 17.3 Å². The maximum absolute atomic E-state index is 14.0. The Kier molecular flexibility index (Phi) is 8.39. The average molecular weight is 579 g/mol. The van der Waals surface area contributed by atoms with Crippen molar-refractivity contribution < 1.29 is 14.0 Å². The van der Waals surface area contributed by atoms with Gasteiger partial charge in [0.05, 0.1) is 18.3 Å². The molecule has 220 valence electrons. The van der Waals surface area contributed by atoms with Crippen LogP contribution in [-0.4, -0.2) is 25.8 Å².